The van der Waals surface area contributed by atoms with Crippen molar-refractivity contribution in [1.29, 1.82) is 0 Å². The van der Waals surface area contributed by atoms with Crippen molar-refractivity contribution in [3.8, 4) is 0 Å². The Labute approximate surface area is 251 Å². The normalized spacial score (nSPS) is 11.5. The molecular formula is C36H46N2O4. The number of unbranched alkanes of at least 4 members (excludes halogenated alkanes) is 9. The fraction of sp³-hybridized carbons (Fsp3) is 0.417. The fourth-order valence-corrected chi connectivity index (χ4v) is 5.24. The lowest BCUT2D eigenvalue weighted by molar-refractivity contribution is -0.157. The molecule has 1 atom stereocenters. The molecule has 2 amide bonds. The number of aliphatic carboxylic acids is 1. The molecule has 0 radical (unpaired) electrons. The van der Waals surface area contributed by atoms with Crippen LogP contribution >= 0.6 is 0 Å². The number of carboxylic acids is 1. The van der Waals surface area contributed by atoms with Crippen LogP contribution in [0.25, 0.3) is 0 Å². The molecule has 2 N–H and O–H groups in total. The number of nitrogens with zero attached hydrogens (tertiary/aromatic N) is 1. The Balaban J connectivity index is 1.56. The van der Waals surface area contributed by atoms with Gasteiger partial charge in [-0.2, -0.15) is 0 Å². The molecule has 0 heterocycles. The van der Waals surface area contributed by atoms with Gasteiger partial charge in [0.1, 0.15) is 0 Å². The van der Waals surface area contributed by atoms with Gasteiger partial charge in [-0.05, 0) is 41.7 Å². The highest BCUT2D eigenvalue weighted by atomic mass is 16.4. The smallest absolute Gasteiger partial charge is 0.394 e. The van der Waals surface area contributed by atoms with Gasteiger partial charge in [0.05, 0.1) is 6.04 Å². The number of amides is 2. The molecular weight excluding hydrogens is 524 g/mol. The highest BCUT2D eigenvalue weighted by molar-refractivity contribution is 6.31. The predicted molar refractivity (Wildman–Crippen MR) is 168 cm³/mol. The Bertz CT molecular complexity index is 1210. The molecule has 0 bridgehead atoms. The second-order valence-corrected chi connectivity index (χ2v) is 11.0. The molecule has 42 heavy (non-hydrogen) atoms. The van der Waals surface area contributed by atoms with E-state index >= 15 is 0 Å². The van der Waals surface area contributed by atoms with Gasteiger partial charge in [0.15, 0.2) is 0 Å². The van der Waals surface area contributed by atoms with E-state index in [2.05, 4.69) is 12.2 Å². The molecule has 0 saturated carbocycles. The third-order valence-corrected chi connectivity index (χ3v) is 7.66. The molecule has 0 saturated heterocycles. The second-order valence-electron chi connectivity index (χ2n) is 11.0. The van der Waals surface area contributed by atoms with E-state index in [0.717, 1.165) is 29.5 Å². The van der Waals surface area contributed by atoms with Crippen LogP contribution in [0.15, 0.2) is 84.9 Å². The summed E-state index contributed by atoms with van der Waals surface area (Å²) >= 11 is 0. The van der Waals surface area contributed by atoms with Crippen molar-refractivity contribution in [3.63, 3.8) is 0 Å². The predicted octanol–water partition coefficient (Wildman–Crippen LogP) is 7.73. The number of carbonyl (C=O) groups excluding carboxylic acids is 2. The first kappa shape index (κ1) is 32.6. The van der Waals surface area contributed by atoms with E-state index in [-0.39, 0.29) is 12.5 Å². The monoisotopic (exact) mass is 570 g/mol. The van der Waals surface area contributed by atoms with E-state index < -0.39 is 17.9 Å². The van der Waals surface area contributed by atoms with E-state index in [1.54, 1.807) is 24.3 Å². The molecule has 0 aromatic heterocycles. The largest absolute Gasteiger partial charge is 0.474 e. The van der Waals surface area contributed by atoms with Crippen molar-refractivity contribution in [2.24, 2.45) is 0 Å². The van der Waals surface area contributed by atoms with Crippen molar-refractivity contribution in [1.82, 2.24) is 10.2 Å². The number of carbonyl (C=O) groups is 3. The number of hydrogen-bond donors (Lipinski definition) is 2. The molecule has 0 aliphatic rings. The van der Waals surface area contributed by atoms with Crippen LogP contribution in [-0.2, 0) is 22.6 Å². The zero-order chi connectivity index (χ0) is 30.0. The summed E-state index contributed by atoms with van der Waals surface area (Å²) in [5.74, 6) is -2.58. The molecule has 0 aliphatic heterocycles. The van der Waals surface area contributed by atoms with E-state index in [9.17, 15) is 19.5 Å². The minimum absolute atomic E-state index is 0.109. The van der Waals surface area contributed by atoms with E-state index in [1.807, 2.05) is 60.7 Å². The van der Waals surface area contributed by atoms with E-state index in [4.69, 9.17) is 0 Å². The Morgan fingerprint density at radius 3 is 1.81 bits per heavy atom. The quantitative estimate of drug-likeness (QED) is 0.121. The van der Waals surface area contributed by atoms with Crippen LogP contribution in [0.2, 0.25) is 0 Å². The molecule has 6 heteroatoms. The van der Waals surface area contributed by atoms with Crippen LogP contribution in [0.4, 0.5) is 0 Å². The number of carboxylic acid groups (broad SMARTS) is 1. The number of rotatable bonds is 18. The lowest BCUT2D eigenvalue weighted by Gasteiger charge is -2.31. The number of hydrogen-bond acceptors (Lipinski definition) is 3. The summed E-state index contributed by atoms with van der Waals surface area (Å²) in [6, 6.07) is 25.8. The average Bonchev–Trinajstić information content (AvgIpc) is 3.02. The van der Waals surface area contributed by atoms with Crippen LogP contribution < -0.4 is 5.32 Å². The SMILES string of the molecule is CCCCCCCCCCCCNC(=O)c1ccc(CN(C(=O)C(=O)O)C(Cc2ccccc2)c2ccccc2)cc1. The van der Waals surface area contributed by atoms with Crippen LogP contribution in [0.5, 0.6) is 0 Å². The van der Waals surface area contributed by atoms with Crippen molar-refractivity contribution in [2.75, 3.05) is 6.54 Å². The summed E-state index contributed by atoms with van der Waals surface area (Å²) in [6.45, 7) is 3.00. The first-order chi connectivity index (χ1) is 20.5. The highest BCUT2D eigenvalue weighted by Gasteiger charge is 2.30. The lowest BCUT2D eigenvalue weighted by Crippen LogP contribution is -2.39. The Morgan fingerprint density at radius 1 is 0.690 bits per heavy atom. The third-order valence-electron chi connectivity index (χ3n) is 7.66. The maximum absolute atomic E-state index is 13.0. The maximum Gasteiger partial charge on any atom is 0.394 e. The molecule has 3 aromatic carbocycles. The Morgan fingerprint density at radius 2 is 1.24 bits per heavy atom. The van der Waals surface area contributed by atoms with Crippen molar-refractivity contribution in [3.05, 3.63) is 107 Å². The summed E-state index contributed by atoms with van der Waals surface area (Å²) in [7, 11) is 0. The minimum atomic E-state index is -1.49. The number of nitrogens with one attached hydrogen (secondary N) is 1. The van der Waals surface area contributed by atoms with E-state index in [1.165, 1.54) is 56.3 Å². The summed E-state index contributed by atoms with van der Waals surface area (Å²) in [4.78, 5) is 38.9. The van der Waals surface area contributed by atoms with Gasteiger partial charge in [-0.3, -0.25) is 9.59 Å². The maximum atomic E-state index is 13.0. The van der Waals surface area contributed by atoms with Gasteiger partial charge < -0.3 is 15.3 Å². The Hall–Kier alpha value is -3.93. The van der Waals surface area contributed by atoms with Crippen molar-refractivity contribution >= 4 is 17.8 Å². The van der Waals surface area contributed by atoms with Crippen LogP contribution in [-0.4, -0.2) is 34.3 Å². The summed E-state index contributed by atoms with van der Waals surface area (Å²) in [5, 5.41) is 12.7. The molecule has 3 rings (SSSR count). The third kappa shape index (κ3) is 11.2. The van der Waals surface area contributed by atoms with E-state index in [0.29, 0.717) is 18.5 Å². The van der Waals surface area contributed by atoms with Gasteiger partial charge in [0.25, 0.3) is 5.91 Å². The summed E-state index contributed by atoms with van der Waals surface area (Å²) in [6.07, 6.45) is 13.0. The van der Waals surface area contributed by atoms with Gasteiger partial charge in [0.2, 0.25) is 0 Å². The van der Waals surface area contributed by atoms with Gasteiger partial charge in [-0.15, -0.1) is 0 Å². The zero-order valence-corrected chi connectivity index (χ0v) is 25.0. The molecule has 1 unspecified atom stereocenters. The van der Waals surface area contributed by atoms with Crippen LogP contribution in [0.3, 0.4) is 0 Å². The minimum Gasteiger partial charge on any atom is -0.474 e. The first-order valence-corrected chi connectivity index (χ1v) is 15.5. The fourth-order valence-electron chi connectivity index (χ4n) is 5.24. The molecule has 0 fully saturated rings. The summed E-state index contributed by atoms with van der Waals surface area (Å²) < 4.78 is 0. The molecule has 0 spiro atoms. The van der Waals surface area contributed by atoms with Crippen LogP contribution in [0, 0.1) is 0 Å². The second kappa shape index (κ2) is 18.5. The lowest BCUT2D eigenvalue weighted by atomic mass is 9.96. The molecule has 0 aliphatic carbocycles. The highest BCUT2D eigenvalue weighted by Crippen LogP contribution is 2.27. The van der Waals surface area contributed by atoms with Gasteiger partial charge >= 0.3 is 11.9 Å². The first-order valence-electron chi connectivity index (χ1n) is 15.5. The average molecular weight is 571 g/mol. The van der Waals surface area contributed by atoms with Crippen molar-refractivity contribution < 1.29 is 19.5 Å². The summed E-state index contributed by atoms with van der Waals surface area (Å²) in [5.41, 5.74) is 3.17. The van der Waals surface area contributed by atoms with Crippen molar-refractivity contribution in [2.45, 2.75) is 90.1 Å². The molecule has 3 aromatic rings. The number of benzene rings is 3. The van der Waals surface area contributed by atoms with Gasteiger partial charge in [0, 0.05) is 18.7 Å². The van der Waals surface area contributed by atoms with Gasteiger partial charge in [-0.1, -0.05) is 138 Å². The topological polar surface area (TPSA) is 86.7 Å². The van der Waals surface area contributed by atoms with Gasteiger partial charge in [-0.25, -0.2) is 4.79 Å². The van der Waals surface area contributed by atoms with Crippen LogP contribution in [0.1, 0.15) is 104 Å². The standard InChI is InChI=1S/C36H46N2O4/c1-2-3-4-5-6-7-8-9-10-17-26-37-34(39)32-24-22-30(23-25-32)28-38(35(40)36(41)42)33(31-20-15-12-16-21-31)27-29-18-13-11-14-19-29/h11-16,18-25,33H,2-10,17,26-28H2,1H3,(H,37,39)(H,41,42). The Kier molecular flexibility index (Phi) is 14.3. The molecule has 6 nitrogen and oxygen atoms in total. The zero-order valence-electron chi connectivity index (χ0n) is 25.0. The molecule has 224 valence electrons.